The highest BCUT2D eigenvalue weighted by Gasteiger charge is 2.62. The molecule has 7 heteroatoms. The first-order chi connectivity index (χ1) is 11.2. The summed E-state index contributed by atoms with van der Waals surface area (Å²) in [5.41, 5.74) is -2.15. The third kappa shape index (κ3) is 2.45. The number of rotatable bonds is 2. The predicted molar refractivity (Wildman–Crippen MR) is 86.6 cm³/mol. The monoisotopic (exact) mass is 356 g/mol. The van der Waals surface area contributed by atoms with Gasteiger partial charge in [-0.2, -0.15) is 13.2 Å². The summed E-state index contributed by atoms with van der Waals surface area (Å²) in [6.07, 6.45) is -0.734. The first kappa shape index (κ1) is 17.0. The van der Waals surface area contributed by atoms with Crippen LogP contribution in [0.2, 0.25) is 5.02 Å². The van der Waals surface area contributed by atoms with Crippen LogP contribution in [-0.4, -0.2) is 22.3 Å². The van der Waals surface area contributed by atoms with Gasteiger partial charge in [-0.1, -0.05) is 31.5 Å². The molecule has 0 saturated carbocycles. The van der Waals surface area contributed by atoms with E-state index >= 15 is 0 Å². The van der Waals surface area contributed by atoms with Crippen LogP contribution in [0.4, 0.5) is 18.9 Å². The lowest BCUT2D eigenvalue weighted by Crippen LogP contribution is -2.51. The van der Waals surface area contributed by atoms with E-state index in [0.29, 0.717) is 5.06 Å². The van der Waals surface area contributed by atoms with Crippen molar-refractivity contribution in [2.45, 2.75) is 31.9 Å². The summed E-state index contributed by atoms with van der Waals surface area (Å²) >= 11 is 5.99. The number of aliphatic imine (C=N–C) groups is 1. The van der Waals surface area contributed by atoms with E-state index in [1.165, 1.54) is 36.6 Å². The summed E-state index contributed by atoms with van der Waals surface area (Å²) in [5.74, 6) is -0.345. The van der Waals surface area contributed by atoms with E-state index in [9.17, 15) is 18.4 Å². The number of hydrogen-bond acceptors (Lipinski definition) is 3. The van der Waals surface area contributed by atoms with Gasteiger partial charge in [0.1, 0.15) is 5.41 Å². The maximum absolute atomic E-state index is 14.4. The molecule has 3 nitrogen and oxygen atoms in total. The zero-order valence-electron chi connectivity index (χ0n) is 13.1. The van der Waals surface area contributed by atoms with E-state index in [-0.39, 0.29) is 40.0 Å². The van der Waals surface area contributed by atoms with Crippen LogP contribution >= 0.6 is 11.6 Å². The van der Waals surface area contributed by atoms with Gasteiger partial charge in [0.25, 0.3) is 0 Å². The van der Waals surface area contributed by atoms with Gasteiger partial charge >= 0.3 is 6.18 Å². The largest absolute Gasteiger partial charge is 0.402 e. The second kappa shape index (κ2) is 5.63. The maximum atomic E-state index is 14.4. The second-order valence-electron chi connectivity index (χ2n) is 6.36. The van der Waals surface area contributed by atoms with Gasteiger partial charge in [0.2, 0.25) is 0 Å². The molecule has 0 aliphatic carbocycles. The number of allylic oxidation sites excluding steroid dienone is 2. The number of benzene rings is 1. The molecule has 3 rings (SSSR count). The fourth-order valence-corrected chi connectivity index (χ4v) is 3.57. The van der Waals surface area contributed by atoms with Crippen molar-refractivity contribution in [3.8, 4) is 0 Å². The van der Waals surface area contributed by atoms with Gasteiger partial charge in [-0.3, -0.25) is 5.21 Å². The highest BCUT2D eigenvalue weighted by molar-refractivity contribution is 6.30. The maximum Gasteiger partial charge on any atom is 0.402 e. The van der Waals surface area contributed by atoms with Crippen molar-refractivity contribution < 1.29 is 18.4 Å². The molecule has 1 unspecified atom stereocenters. The average Bonchev–Trinajstić information content (AvgIpc) is 2.47. The summed E-state index contributed by atoms with van der Waals surface area (Å²) in [5, 5.41) is 10.9. The molecule has 0 aromatic heterocycles. The van der Waals surface area contributed by atoms with E-state index in [1.54, 1.807) is 13.8 Å². The smallest absolute Gasteiger partial charge is 0.283 e. The van der Waals surface area contributed by atoms with E-state index in [2.05, 4.69) is 4.99 Å². The van der Waals surface area contributed by atoms with Crippen molar-refractivity contribution in [2.24, 2.45) is 10.9 Å². The SMILES string of the molecule is CC(C)CC1(C(F)(F)F)C2=CC=CN(O)C2=Nc2ccc(Cl)cc21. The van der Waals surface area contributed by atoms with Gasteiger partial charge in [0.05, 0.1) is 5.69 Å². The fraction of sp³-hybridized carbons (Fsp3) is 0.353. The van der Waals surface area contributed by atoms with Crippen molar-refractivity contribution in [1.29, 1.82) is 0 Å². The van der Waals surface area contributed by atoms with Crippen molar-refractivity contribution in [3.05, 3.63) is 52.7 Å². The molecular formula is C17H16ClF3N2O. The van der Waals surface area contributed by atoms with Crippen molar-refractivity contribution in [1.82, 2.24) is 5.06 Å². The molecule has 128 valence electrons. The van der Waals surface area contributed by atoms with Crippen LogP contribution in [0.3, 0.4) is 0 Å². The Hall–Kier alpha value is -1.79. The number of alkyl halides is 3. The standard InChI is InChI=1S/C17H16ClF3N2O/c1-10(2)9-16(17(19,20)21)12-4-3-7-23(24)15(12)22-14-6-5-11(18)8-13(14)16/h3-8,10,24H,9H2,1-2H3. The Kier molecular flexibility index (Phi) is 4.00. The molecule has 1 atom stereocenters. The highest BCUT2D eigenvalue weighted by atomic mass is 35.5. The van der Waals surface area contributed by atoms with Crippen molar-refractivity contribution in [3.63, 3.8) is 0 Å². The second-order valence-corrected chi connectivity index (χ2v) is 6.80. The fourth-order valence-electron chi connectivity index (χ4n) is 3.39. The molecule has 24 heavy (non-hydrogen) atoms. The minimum absolute atomic E-state index is 0.0231. The molecular weight excluding hydrogens is 341 g/mol. The summed E-state index contributed by atoms with van der Waals surface area (Å²) in [7, 11) is 0. The number of fused-ring (bicyclic) bond motifs is 2. The minimum atomic E-state index is -4.57. The summed E-state index contributed by atoms with van der Waals surface area (Å²) in [6.45, 7) is 3.47. The van der Waals surface area contributed by atoms with Gasteiger partial charge in [0, 0.05) is 16.8 Å². The zero-order chi connectivity index (χ0) is 17.7. The molecule has 1 aromatic rings. The quantitative estimate of drug-likeness (QED) is 0.772. The molecule has 2 aliphatic heterocycles. The normalized spacial score (nSPS) is 22.9. The van der Waals surface area contributed by atoms with Gasteiger partial charge < -0.3 is 0 Å². The molecule has 2 aliphatic rings. The minimum Gasteiger partial charge on any atom is -0.283 e. The number of hydrogen-bond donors (Lipinski definition) is 1. The average molecular weight is 357 g/mol. The molecule has 2 heterocycles. The Labute approximate surface area is 142 Å². The van der Waals surface area contributed by atoms with E-state index in [0.717, 1.165) is 0 Å². The third-order valence-electron chi connectivity index (χ3n) is 4.25. The number of nitrogens with zero attached hydrogens (tertiary/aromatic N) is 2. The molecule has 1 aromatic carbocycles. The molecule has 0 saturated heterocycles. The molecule has 0 bridgehead atoms. The third-order valence-corrected chi connectivity index (χ3v) is 4.49. The Balaban J connectivity index is 2.39. The van der Waals surface area contributed by atoms with Crippen LogP contribution in [0.25, 0.3) is 0 Å². The number of amidine groups is 1. The first-order valence-electron chi connectivity index (χ1n) is 7.49. The Morgan fingerprint density at radius 2 is 2.04 bits per heavy atom. The van der Waals surface area contributed by atoms with E-state index in [4.69, 9.17) is 11.6 Å². The zero-order valence-corrected chi connectivity index (χ0v) is 13.9. The van der Waals surface area contributed by atoms with Gasteiger partial charge in [-0.05, 0) is 42.2 Å². The lowest BCUT2D eigenvalue weighted by atomic mass is 9.65. The van der Waals surface area contributed by atoms with E-state index < -0.39 is 11.6 Å². The number of hydroxylamine groups is 2. The van der Waals surface area contributed by atoms with Crippen molar-refractivity contribution in [2.75, 3.05) is 0 Å². The Morgan fingerprint density at radius 3 is 2.67 bits per heavy atom. The van der Waals surface area contributed by atoms with Crippen LogP contribution in [-0.2, 0) is 5.41 Å². The Bertz CT molecular complexity index is 768. The van der Waals surface area contributed by atoms with Gasteiger partial charge in [-0.15, -0.1) is 0 Å². The van der Waals surface area contributed by atoms with Crippen LogP contribution in [0.1, 0.15) is 25.8 Å². The molecule has 0 fully saturated rings. The topological polar surface area (TPSA) is 35.8 Å². The van der Waals surface area contributed by atoms with Crippen LogP contribution in [0, 0.1) is 5.92 Å². The predicted octanol–water partition coefficient (Wildman–Crippen LogP) is 5.37. The summed E-state index contributed by atoms with van der Waals surface area (Å²) in [4.78, 5) is 4.22. The summed E-state index contributed by atoms with van der Waals surface area (Å²) in [6, 6.07) is 4.28. The lowest BCUT2D eigenvalue weighted by Gasteiger charge is -2.44. The molecule has 0 spiro atoms. The molecule has 0 radical (unpaired) electrons. The molecule has 1 N–H and O–H groups in total. The Morgan fingerprint density at radius 1 is 1.33 bits per heavy atom. The van der Waals surface area contributed by atoms with Gasteiger partial charge in [-0.25, -0.2) is 10.1 Å². The lowest BCUT2D eigenvalue weighted by molar-refractivity contribution is -0.183. The highest BCUT2D eigenvalue weighted by Crippen LogP contribution is 2.56. The molecule has 0 amide bonds. The van der Waals surface area contributed by atoms with E-state index in [1.807, 2.05) is 0 Å². The van der Waals surface area contributed by atoms with Crippen molar-refractivity contribution >= 4 is 23.1 Å². The van der Waals surface area contributed by atoms with Crippen LogP contribution in [0.5, 0.6) is 0 Å². The number of halogens is 4. The van der Waals surface area contributed by atoms with Crippen LogP contribution in [0.15, 0.2) is 47.1 Å². The summed E-state index contributed by atoms with van der Waals surface area (Å²) < 4.78 is 43.2. The van der Waals surface area contributed by atoms with Crippen LogP contribution < -0.4 is 0 Å². The first-order valence-corrected chi connectivity index (χ1v) is 7.87. The van der Waals surface area contributed by atoms with Gasteiger partial charge in [0.15, 0.2) is 5.84 Å².